The number of aromatic nitrogens is 15. The smallest absolute Gasteiger partial charge is 0.284 e. The highest BCUT2D eigenvalue weighted by Crippen LogP contribution is 2.37. The zero-order chi connectivity index (χ0) is 103. The molecule has 35 nitrogen and oxygen atoms in total. The molecule has 0 unspecified atom stereocenters. The van der Waals surface area contributed by atoms with Crippen molar-refractivity contribution in [3.8, 4) is 103 Å². The Kier molecular flexibility index (Phi) is 45.2. The average molecular weight is 2110 g/mol. The fourth-order valence-electron chi connectivity index (χ4n) is 14.3. The molecule has 143 heavy (non-hydrogen) atoms. The molecule has 0 radical (unpaired) electrons. The predicted molar refractivity (Wildman–Crippen MR) is 556 cm³/mol. The van der Waals surface area contributed by atoms with E-state index >= 15 is 0 Å². The summed E-state index contributed by atoms with van der Waals surface area (Å²) in [6.45, 7) is 24.9. The lowest BCUT2D eigenvalue weighted by atomic mass is 10.1. The number of methoxy groups -OCH3 is 1. The van der Waals surface area contributed by atoms with Gasteiger partial charge in [0, 0.05) is 149 Å². The van der Waals surface area contributed by atoms with Gasteiger partial charge in [0.2, 0.25) is 0 Å². The number of aliphatic hydroxyl groups is 1. The summed E-state index contributed by atoms with van der Waals surface area (Å²) in [7, 11) is 10.4. The minimum absolute atomic E-state index is 0. The summed E-state index contributed by atoms with van der Waals surface area (Å²) in [5, 5.41) is 73.8. The van der Waals surface area contributed by atoms with E-state index in [0.717, 1.165) is 111 Å². The third kappa shape index (κ3) is 30.3. The van der Waals surface area contributed by atoms with Gasteiger partial charge in [0.25, 0.3) is 17.7 Å². The lowest BCUT2D eigenvalue weighted by Gasteiger charge is -2.19. The summed E-state index contributed by atoms with van der Waals surface area (Å²) < 4.78 is 38.5. The molecule has 756 valence electrons. The summed E-state index contributed by atoms with van der Waals surface area (Å²) in [5.74, 6) is 0.597. The van der Waals surface area contributed by atoms with Crippen LogP contribution in [0.5, 0.6) is 46.0 Å². The number of aliphatic hydroxyl groups excluding tert-OH is 1. The Labute approximate surface area is 857 Å². The van der Waals surface area contributed by atoms with E-state index in [1.54, 1.807) is 138 Å². The molecule has 0 aliphatic rings. The molecule has 5 aromatic carbocycles. The number of halogens is 3. The van der Waals surface area contributed by atoms with Gasteiger partial charge in [-0.1, -0.05) is 95.4 Å². The van der Waals surface area contributed by atoms with E-state index in [-0.39, 0.29) is 127 Å². The number of hydrogen-bond donors (Lipinski definition) is 5. The second-order valence-electron chi connectivity index (χ2n) is 32.8. The van der Waals surface area contributed by atoms with Gasteiger partial charge in [0.05, 0.1) is 112 Å². The number of nitrogens with zero attached hydrogens (tertiary/aromatic N) is 18. The summed E-state index contributed by atoms with van der Waals surface area (Å²) in [4.78, 5) is 85.2. The molecule has 38 heteroatoms. The number of rotatable bonds is 32. The molecule has 10 aromatic heterocycles. The van der Waals surface area contributed by atoms with Crippen LogP contribution in [-0.2, 0) is 58.2 Å². The average Bonchev–Trinajstić information content (AvgIpc) is 1.59. The van der Waals surface area contributed by atoms with Crippen molar-refractivity contribution in [2.45, 2.75) is 152 Å². The number of benzene rings is 5. The van der Waals surface area contributed by atoms with Gasteiger partial charge in [-0.2, -0.15) is 25.5 Å². The maximum absolute atomic E-state index is 12.7. The number of aryl methyl sites for hydroxylation is 2. The minimum atomic E-state index is -0.509. The van der Waals surface area contributed by atoms with Crippen LogP contribution in [0.3, 0.4) is 0 Å². The fourth-order valence-corrected chi connectivity index (χ4v) is 14.5. The first kappa shape index (κ1) is 114. The van der Waals surface area contributed by atoms with Crippen LogP contribution >= 0.6 is 46.6 Å². The van der Waals surface area contributed by atoms with E-state index < -0.39 is 5.91 Å². The van der Waals surface area contributed by atoms with E-state index in [0.29, 0.717) is 46.6 Å². The molecule has 15 rings (SSSR count). The minimum Gasteiger partial charge on any atom is -0.507 e. The highest BCUT2D eigenvalue weighted by Gasteiger charge is 2.27. The predicted octanol–water partition coefficient (Wildman–Crippen LogP) is 20.5. The van der Waals surface area contributed by atoms with Crippen LogP contribution in [0, 0.1) is 13.8 Å². The summed E-state index contributed by atoms with van der Waals surface area (Å²) in [5.41, 5.74) is 16.1. The van der Waals surface area contributed by atoms with Gasteiger partial charge >= 0.3 is 0 Å². The molecule has 0 atom stereocenters. The molecule has 0 saturated carbocycles. The third-order valence-electron chi connectivity index (χ3n) is 21.5. The van der Waals surface area contributed by atoms with Crippen molar-refractivity contribution in [1.29, 1.82) is 0 Å². The number of amides is 3. The SMILES string of the molecule is CC(C)n1nccc1-c1ncccc1CCl.CC(C)n1nccc1-c1ncccc1COc1cccc(O)c1C=O.CC(C)n1nccc1-c1ncccc1COc1cccc(O)c1CO.COCI.CON(C)C(=O)c1c(C)cccc1O.CON(C)C(=O)c1c(C)cccc1OCc1cccnc1-c1ccnn1C(C)C.CON(C)C(=O)c1c(O)cccc1OCc1cccnc1-c1ccnn1C(C)C.Cl. The number of carbonyl (C=O) groups excluding carboxylic acids is 4. The number of phenolic OH excluding ortho intramolecular Hbond substituents is 3. The first-order chi connectivity index (χ1) is 68.3. The molecule has 5 N–H and O–H groups in total. The van der Waals surface area contributed by atoms with Crippen molar-refractivity contribution in [1.82, 2.24) is 89.0 Å². The molecule has 0 aliphatic carbocycles. The molecule has 10 heterocycles. The van der Waals surface area contributed by atoms with Crippen LogP contribution in [0.25, 0.3) is 56.9 Å². The standard InChI is InChI=1S/C22H26N4O3.C21H24N4O4.C19H21N3O3.C19H19N3O3.C12H14ClN3.C10H13NO3.C2H5IO.ClH/c1-15(2)26-18(11-13-24-26)21-17(9-7-12-23-21)14-29-19-10-6-8-16(3)20(19)22(27)25(4)28-5;1-14(2)25-16(10-12-23-25)20-15(7-6-11-22-20)13-29-18-9-5-8-17(26)19(18)21(27)24(3)28-4;2*1-13(2)22-16(8-10-21-22)19-14(5-4-9-20-19)12-25-18-7-3-6-17(24)15(18)11-23;1-9(2)16-11(5-7-15-16)12-10(8-13)4-3-6-14-12;1-7-5-4-6-8(12)9(7)10(13)11(2)14-3;1-4-2-3;/h6-13,15H,14H2,1-5H3;5-12,14,26H,13H2,1-4H3;3-10,13,23-24H,11-12H2,1-2H3;3-11,13,24H,12H2,1-2H3;3-7,9H,8H2,1-2H3;4-6,12H,1-3H3;2H2,1H3;1H. The Balaban J connectivity index is 0.000000211. The van der Waals surface area contributed by atoms with Gasteiger partial charge in [-0.15, -0.1) is 24.0 Å². The van der Waals surface area contributed by atoms with Crippen molar-refractivity contribution in [3.05, 3.63) is 311 Å². The maximum atomic E-state index is 12.7. The molecule has 15 aromatic rings. The van der Waals surface area contributed by atoms with E-state index in [9.17, 15) is 44.7 Å². The summed E-state index contributed by atoms with van der Waals surface area (Å²) >= 11 is 8.04. The van der Waals surface area contributed by atoms with Crippen LogP contribution in [0.15, 0.2) is 244 Å². The monoisotopic (exact) mass is 2100 g/mol. The largest absolute Gasteiger partial charge is 0.507 e. The molecule has 3 amide bonds. The van der Waals surface area contributed by atoms with Crippen LogP contribution in [0.1, 0.15) is 185 Å². The van der Waals surface area contributed by atoms with Crippen molar-refractivity contribution >= 4 is 70.6 Å². The highest BCUT2D eigenvalue weighted by molar-refractivity contribution is 14.1. The molecular formula is C105H123Cl2IN18O17. The Morgan fingerprint density at radius 1 is 0.364 bits per heavy atom. The second-order valence-corrected chi connectivity index (χ2v) is 33.6. The van der Waals surface area contributed by atoms with Crippen LogP contribution < -0.4 is 18.9 Å². The molecule has 0 bridgehead atoms. The van der Waals surface area contributed by atoms with E-state index in [1.165, 1.54) is 64.8 Å². The van der Waals surface area contributed by atoms with Gasteiger partial charge in [-0.05, 0) is 209 Å². The van der Waals surface area contributed by atoms with Crippen molar-refractivity contribution in [2.24, 2.45) is 0 Å². The number of hydrogen-bond acceptors (Lipinski definition) is 27. The van der Waals surface area contributed by atoms with Crippen molar-refractivity contribution < 1.29 is 82.9 Å². The Morgan fingerprint density at radius 3 is 0.951 bits per heavy atom. The quantitative estimate of drug-likeness (QED) is 0.0113. The third-order valence-corrected chi connectivity index (χ3v) is 22.4. The Hall–Kier alpha value is -14.5. The van der Waals surface area contributed by atoms with E-state index in [4.69, 9.17) is 45.1 Å². The van der Waals surface area contributed by atoms with Crippen molar-refractivity contribution in [2.75, 3.05) is 54.2 Å². The zero-order valence-corrected chi connectivity index (χ0v) is 87.1. The first-order valence-corrected chi connectivity index (χ1v) is 47.3. The molecule has 0 spiro atoms. The van der Waals surface area contributed by atoms with Crippen LogP contribution in [-0.4, -0.2) is 193 Å². The Bertz CT molecular complexity index is 6400. The van der Waals surface area contributed by atoms with E-state index in [1.807, 2.05) is 147 Å². The molecule has 0 aliphatic heterocycles. The highest BCUT2D eigenvalue weighted by atomic mass is 127. The summed E-state index contributed by atoms with van der Waals surface area (Å²) in [6.07, 6.45) is 18.1. The Morgan fingerprint density at radius 2 is 0.629 bits per heavy atom. The molecule has 0 saturated heterocycles. The molecule has 0 fully saturated rings. The van der Waals surface area contributed by atoms with Gasteiger partial charge in [-0.3, -0.25) is 82.0 Å². The topological polar surface area (TPSA) is 407 Å². The van der Waals surface area contributed by atoms with Gasteiger partial charge < -0.3 is 49.2 Å². The number of hydroxylamine groups is 6. The van der Waals surface area contributed by atoms with Crippen molar-refractivity contribution in [3.63, 3.8) is 0 Å². The molecular weight excluding hydrogens is 1980 g/mol. The first-order valence-electron chi connectivity index (χ1n) is 45.2. The lowest BCUT2D eigenvalue weighted by Crippen LogP contribution is -2.26. The number of aromatic hydroxyl groups is 4. The van der Waals surface area contributed by atoms with Crippen LogP contribution in [0.2, 0.25) is 0 Å². The van der Waals surface area contributed by atoms with E-state index in [2.05, 4.69) is 133 Å². The maximum Gasteiger partial charge on any atom is 0.284 e. The number of alkyl halides is 2. The number of pyridine rings is 5. The lowest BCUT2D eigenvalue weighted by molar-refractivity contribution is -0.0760. The normalized spacial score (nSPS) is 10.7. The fraction of sp³-hybridized carbons (Fsp3) is 0.295. The number of aldehydes is 1. The van der Waals surface area contributed by atoms with Crippen LogP contribution in [0.4, 0.5) is 0 Å². The number of carbonyl (C=O) groups is 4. The second kappa shape index (κ2) is 56.8. The zero-order valence-electron chi connectivity index (χ0n) is 83.4. The van der Waals surface area contributed by atoms with Gasteiger partial charge in [0.15, 0.2) is 6.29 Å². The number of phenols is 4. The van der Waals surface area contributed by atoms with Gasteiger partial charge in [0.1, 0.15) is 78.0 Å². The number of ether oxygens (including phenoxy) is 5. The van der Waals surface area contributed by atoms with Gasteiger partial charge in [-0.25, -0.2) is 15.2 Å². The summed E-state index contributed by atoms with van der Waals surface area (Å²) in [6, 6.07) is 54.6.